The summed E-state index contributed by atoms with van der Waals surface area (Å²) in [5.41, 5.74) is 0.146. The molecule has 1 saturated heterocycles. The first-order valence-corrected chi connectivity index (χ1v) is 9.66. The molecule has 0 spiro atoms. The first-order chi connectivity index (χ1) is 11.9. The molecule has 2 aromatic carbocycles. The van der Waals surface area contributed by atoms with Gasteiger partial charge in [0, 0.05) is 6.54 Å². The van der Waals surface area contributed by atoms with E-state index in [1.807, 2.05) is 25.1 Å². The number of benzene rings is 2. The van der Waals surface area contributed by atoms with Gasteiger partial charge in [-0.2, -0.15) is 4.31 Å². The summed E-state index contributed by atoms with van der Waals surface area (Å²) < 4.78 is 27.8. The molecule has 4 nitrogen and oxygen atoms in total. The number of sulfonamides is 1. The third kappa shape index (κ3) is 3.21. The maximum atomic E-state index is 13.2. The fraction of sp³-hybridized carbons (Fsp3) is 0.300. The lowest BCUT2D eigenvalue weighted by atomic mass is 9.82. The van der Waals surface area contributed by atoms with Crippen LogP contribution in [0.5, 0.6) is 0 Å². The summed E-state index contributed by atoms with van der Waals surface area (Å²) in [5, 5.41) is 11.0. The second-order valence-corrected chi connectivity index (χ2v) is 8.30. The smallest absolute Gasteiger partial charge is 0.243 e. The van der Waals surface area contributed by atoms with Gasteiger partial charge in [-0.1, -0.05) is 53.9 Å². The van der Waals surface area contributed by atoms with Gasteiger partial charge in [-0.3, -0.25) is 0 Å². The Bertz CT molecular complexity index is 885. The van der Waals surface area contributed by atoms with Crippen LogP contribution in [0.1, 0.15) is 30.0 Å². The SMILES string of the molecule is C#CC1(O)CCCN(S(=O)(=O)c2ccc(C)cc2)C1c1ccccc1. The standard InChI is InChI=1S/C20H21NO3S/c1-3-20(22)14-7-15-21(19(20)17-8-5-4-6-9-17)25(23,24)18-12-10-16(2)11-13-18/h1,4-6,8-13,19,22H,7,14-15H2,2H3. The van der Waals surface area contributed by atoms with Gasteiger partial charge in [0.2, 0.25) is 10.0 Å². The first-order valence-electron chi connectivity index (χ1n) is 8.22. The van der Waals surface area contributed by atoms with E-state index in [-0.39, 0.29) is 4.90 Å². The normalized spacial score (nSPS) is 24.6. The van der Waals surface area contributed by atoms with Crippen molar-refractivity contribution < 1.29 is 13.5 Å². The van der Waals surface area contributed by atoms with Crippen molar-refractivity contribution in [3.8, 4) is 12.3 Å². The highest BCUT2D eigenvalue weighted by Gasteiger charge is 2.47. The Kier molecular flexibility index (Phi) is 4.70. The number of hydrogen-bond acceptors (Lipinski definition) is 3. The van der Waals surface area contributed by atoms with E-state index < -0.39 is 21.7 Å². The molecule has 1 aliphatic heterocycles. The molecule has 130 valence electrons. The van der Waals surface area contributed by atoms with Gasteiger partial charge < -0.3 is 5.11 Å². The number of rotatable bonds is 3. The lowest BCUT2D eigenvalue weighted by Crippen LogP contribution is -2.52. The third-order valence-electron chi connectivity index (χ3n) is 4.67. The zero-order chi connectivity index (χ0) is 18.1. The second-order valence-electron chi connectivity index (χ2n) is 6.41. The maximum absolute atomic E-state index is 13.2. The van der Waals surface area contributed by atoms with Crippen molar-refractivity contribution in [2.75, 3.05) is 6.54 Å². The van der Waals surface area contributed by atoms with Crippen LogP contribution in [0.3, 0.4) is 0 Å². The summed E-state index contributed by atoms with van der Waals surface area (Å²) in [6, 6.07) is 15.0. The molecule has 1 fully saturated rings. The number of piperidine rings is 1. The van der Waals surface area contributed by atoms with E-state index in [1.54, 1.807) is 36.4 Å². The number of terminal acetylenes is 1. The van der Waals surface area contributed by atoms with E-state index in [1.165, 1.54) is 4.31 Å². The number of aliphatic hydroxyl groups is 1. The average molecular weight is 355 g/mol. The van der Waals surface area contributed by atoms with Crippen LogP contribution in [0, 0.1) is 19.3 Å². The molecule has 5 heteroatoms. The van der Waals surface area contributed by atoms with E-state index in [2.05, 4.69) is 5.92 Å². The number of hydrogen-bond donors (Lipinski definition) is 1. The highest BCUT2D eigenvalue weighted by Crippen LogP contribution is 2.41. The van der Waals surface area contributed by atoms with Crippen molar-refractivity contribution in [2.24, 2.45) is 0 Å². The Morgan fingerprint density at radius 2 is 1.80 bits per heavy atom. The fourth-order valence-electron chi connectivity index (χ4n) is 3.34. The van der Waals surface area contributed by atoms with Crippen molar-refractivity contribution in [3.63, 3.8) is 0 Å². The Balaban J connectivity index is 2.12. The van der Waals surface area contributed by atoms with Crippen LogP contribution in [-0.4, -0.2) is 30.0 Å². The minimum Gasteiger partial charge on any atom is -0.376 e. The average Bonchev–Trinajstić information content (AvgIpc) is 2.62. The lowest BCUT2D eigenvalue weighted by molar-refractivity contribution is -0.00733. The maximum Gasteiger partial charge on any atom is 0.243 e. The van der Waals surface area contributed by atoms with Gasteiger partial charge in [-0.25, -0.2) is 8.42 Å². The van der Waals surface area contributed by atoms with Gasteiger partial charge in [0.15, 0.2) is 0 Å². The van der Waals surface area contributed by atoms with E-state index in [9.17, 15) is 13.5 Å². The van der Waals surface area contributed by atoms with Crippen LogP contribution in [-0.2, 0) is 10.0 Å². The zero-order valence-corrected chi connectivity index (χ0v) is 14.9. The Labute approximate surface area is 149 Å². The molecule has 1 N–H and O–H groups in total. The highest BCUT2D eigenvalue weighted by atomic mass is 32.2. The molecule has 1 heterocycles. The largest absolute Gasteiger partial charge is 0.376 e. The van der Waals surface area contributed by atoms with E-state index in [0.717, 1.165) is 5.56 Å². The summed E-state index contributed by atoms with van der Waals surface area (Å²) in [5.74, 6) is 2.44. The van der Waals surface area contributed by atoms with Crippen LogP contribution in [0.25, 0.3) is 0 Å². The summed E-state index contributed by atoms with van der Waals surface area (Å²) in [6.07, 6.45) is 6.48. The third-order valence-corrected chi connectivity index (χ3v) is 6.55. The van der Waals surface area contributed by atoms with Gasteiger partial charge in [0.1, 0.15) is 5.60 Å². The van der Waals surface area contributed by atoms with Gasteiger partial charge in [-0.15, -0.1) is 6.42 Å². The van der Waals surface area contributed by atoms with Crippen molar-refractivity contribution in [1.82, 2.24) is 4.31 Å². The molecular formula is C20H21NO3S. The molecule has 3 rings (SSSR count). The van der Waals surface area contributed by atoms with Crippen LogP contribution >= 0.6 is 0 Å². The van der Waals surface area contributed by atoms with Gasteiger partial charge >= 0.3 is 0 Å². The molecule has 0 saturated carbocycles. The van der Waals surface area contributed by atoms with Crippen molar-refractivity contribution in [3.05, 3.63) is 65.7 Å². The summed E-state index contributed by atoms with van der Waals surface area (Å²) in [7, 11) is -3.78. The van der Waals surface area contributed by atoms with Crippen molar-refractivity contribution >= 4 is 10.0 Å². The molecule has 0 aromatic heterocycles. The van der Waals surface area contributed by atoms with E-state index >= 15 is 0 Å². The Morgan fingerprint density at radius 1 is 1.16 bits per heavy atom. The van der Waals surface area contributed by atoms with Crippen molar-refractivity contribution in [2.45, 2.75) is 36.3 Å². The number of aryl methyl sites for hydroxylation is 1. The van der Waals surface area contributed by atoms with Crippen molar-refractivity contribution in [1.29, 1.82) is 0 Å². The summed E-state index contributed by atoms with van der Waals surface area (Å²) in [6.45, 7) is 2.22. The molecule has 0 bridgehead atoms. The van der Waals surface area contributed by atoms with E-state index in [4.69, 9.17) is 6.42 Å². The molecule has 2 unspecified atom stereocenters. The highest BCUT2D eigenvalue weighted by molar-refractivity contribution is 7.89. The van der Waals surface area contributed by atoms with Crippen LogP contribution in [0.15, 0.2) is 59.5 Å². The molecule has 1 aliphatic rings. The summed E-state index contributed by atoms with van der Waals surface area (Å²) in [4.78, 5) is 0.209. The molecule has 0 amide bonds. The van der Waals surface area contributed by atoms with Crippen LogP contribution in [0.4, 0.5) is 0 Å². The predicted molar refractivity (Wildman–Crippen MR) is 97.3 cm³/mol. The number of nitrogens with zero attached hydrogens (tertiary/aromatic N) is 1. The molecular weight excluding hydrogens is 334 g/mol. The molecule has 0 radical (unpaired) electrons. The minimum atomic E-state index is -3.78. The first kappa shape index (κ1) is 17.7. The molecule has 25 heavy (non-hydrogen) atoms. The van der Waals surface area contributed by atoms with Gasteiger partial charge in [0.25, 0.3) is 0 Å². The van der Waals surface area contributed by atoms with Crippen LogP contribution < -0.4 is 0 Å². The summed E-state index contributed by atoms with van der Waals surface area (Å²) >= 11 is 0. The lowest BCUT2D eigenvalue weighted by Gasteiger charge is -2.43. The Hall–Kier alpha value is -2.13. The zero-order valence-electron chi connectivity index (χ0n) is 14.1. The minimum absolute atomic E-state index is 0.209. The monoisotopic (exact) mass is 355 g/mol. The fourth-order valence-corrected chi connectivity index (χ4v) is 5.04. The van der Waals surface area contributed by atoms with E-state index in [0.29, 0.717) is 24.9 Å². The predicted octanol–water partition coefficient (Wildman–Crippen LogP) is 2.89. The molecule has 2 aromatic rings. The quantitative estimate of drug-likeness (QED) is 0.862. The van der Waals surface area contributed by atoms with Gasteiger partial charge in [-0.05, 0) is 37.5 Å². The topological polar surface area (TPSA) is 57.6 Å². The second kappa shape index (κ2) is 6.64. The van der Waals surface area contributed by atoms with Crippen LogP contribution in [0.2, 0.25) is 0 Å². The molecule has 0 aliphatic carbocycles. The van der Waals surface area contributed by atoms with Gasteiger partial charge in [0.05, 0.1) is 10.9 Å². The Morgan fingerprint density at radius 3 is 2.40 bits per heavy atom. The molecule has 2 atom stereocenters.